The highest BCUT2D eigenvalue weighted by atomic mass is 16.4. The van der Waals surface area contributed by atoms with E-state index in [1.165, 1.54) is 0 Å². The minimum absolute atomic E-state index is 0.0764. The Bertz CT molecular complexity index is 662. The van der Waals surface area contributed by atoms with Gasteiger partial charge >= 0.3 is 12.0 Å². The number of carbonyl (C=O) groups is 3. The Labute approximate surface area is 160 Å². The van der Waals surface area contributed by atoms with Crippen molar-refractivity contribution in [2.75, 3.05) is 13.1 Å². The molecule has 1 heterocycles. The van der Waals surface area contributed by atoms with Crippen molar-refractivity contribution in [2.45, 2.75) is 39.8 Å². The number of hydrogen-bond acceptors (Lipinski definition) is 3. The number of rotatable bonds is 6. The second-order valence-corrected chi connectivity index (χ2v) is 7.53. The summed E-state index contributed by atoms with van der Waals surface area (Å²) in [7, 11) is 0. The minimum atomic E-state index is -0.812. The Morgan fingerprint density at radius 1 is 1.22 bits per heavy atom. The molecular formula is C20H29N3O4. The number of nitrogens with one attached hydrogen (secondary N) is 2. The first-order valence-electron chi connectivity index (χ1n) is 9.39. The van der Waals surface area contributed by atoms with Gasteiger partial charge in [0.15, 0.2) is 0 Å². The van der Waals surface area contributed by atoms with Gasteiger partial charge in [0.2, 0.25) is 5.91 Å². The molecule has 1 fully saturated rings. The molecule has 1 aromatic carbocycles. The Hall–Kier alpha value is -2.57. The molecule has 1 aromatic rings. The maximum atomic E-state index is 12.9. The number of aliphatic carboxylic acids is 1. The summed E-state index contributed by atoms with van der Waals surface area (Å²) in [6, 6.07) is 8.51. The highest BCUT2D eigenvalue weighted by Gasteiger charge is 2.36. The van der Waals surface area contributed by atoms with Crippen molar-refractivity contribution in [3.05, 3.63) is 35.9 Å². The molecule has 3 amide bonds. The van der Waals surface area contributed by atoms with Gasteiger partial charge < -0.3 is 20.6 Å². The van der Waals surface area contributed by atoms with Crippen molar-refractivity contribution >= 4 is 17.9 Å². The van der Waals surface area contributed by atoms with Crippen LogP contribution in [-0.4, -0.2) is 47.0 Å². The van der Waals surface area contributed by atoms with Crippen LogP contribution in [0.1, 0.15) is 32.8 Å². The molecule has 27 heavy (non-hydrogen) atoms. The number of carboxylic acids is 1. The van der Waals surface area contributed by atoms with Gasteiger partial charge in [-0.2, -0.15) is 0 Å². The summed E-state index contributed by atoms with van der Waals surface area (Å²) in [5.74, 6) is -1.58. The van der Waals surface area contributed by atoms with E-state index >= 15 is 0 Å². The molecule has 0 spiro atoms. The summed E-state index contributed by atoms with van der Waals surface area (Å²) in [6.45, 7) is 6.79. The quantitative estimate of drug-likeness (QED) is 0.709. The minimum Gasteiger partial charge on any atom is -0.481 e. The van der Waals surface area contributed by atoms with Gasteiger partial charge in [0.05, 0.1) is 5.92 Å². The van der Waals surface area contributed by atoms with Crippen LogP contribution in [-0.2, 0) is 16.1 Å². The van der Waals surface area contributed by atoms with Crippen molar-refractivity contribution in [2.24, 2.45) is 17.8 Å². The molecule has 1 saturated heterocycles. The lowest BCUT2D eigenvalue weighted by Gasteiger charge is -2.37. The van der Waals surface area contributed by atoms with Gasteiger partial charge in [-0.15, -0.1) is 0 Å². The van der Waals surface area contributed by atoms with E-state index in [1.54, 1.807) is 4.90 Å². The summed E-state index contributed by atoms with van der Waals surface area (Å²) >= 11 is 0. The number of likely N-dealkylation sites (tertiary alicyclic amines) is 1. The lowest BCUT2D eigenvalue weighted by molar-refractivity contribution is -0.149. The van der Waals surface area contributed by atoms with E-state index in [4.69, 9.17) is 0 Å². The number of piperidine rings is 1. The molecular weight excluding hydrogens is 346 g/mol. The highest BCUT2D eigenvalue weighted by molar-refractivity contribution is 5.87. The molecule has 1 aliphatic rings. The van der Waals surface area contributed by atoms with Crippen molar-refractivity contribution < 1.29 is 19.5 Å². The maximum Gasteiger partial charge on any atom is 0.315 e. The van der Waals surface area contributed by atoms with Crippen LogP contribution in [0.25, 0.3) is 0 Å². The lowest BCUT2D eigenvalue weighted by Crippen LogP contribution is -2.56. The Morgan fingerprint density at radius 3 is 2.44 bits per heavy atom. The summed E-state index contributed by atoms with van der Waals surface area (Å²) in [6.07, 6.45) is 0.438. The number of benzene rings is 1. The fraction of sp³-hybridized carbons (Fsp3) is 0.550. The normalized spacial score (nSPS) is 20.8. The molecule has 0 aromatic heterocycles. The Morgan fingerprint density at radius 2 is 1.89 bits per heavy atom. The predicted molar refractivity (Wildman–Crippen MR) is 102 cm³/mol. The van der Waals surface area contributed by atoms with Gasteiger partial charge in [-0.05, 0) is 23.8 Å². The molecule has 3 atom stereocenters. The number of urea groups is 1. The predicted octanol–water partition coefficient (Wildman–Crippen LogP) is 2.08. The summed E-state index contributed by atoms with van der Waals surface area (Å²) in [4.78, 5) is 38.1. The zero-order valence-electron chi connectivity index (χ0n) is 16.1. The fourth-order valence-electron chi connectivity index (χ4n) is 3.39. The van der Waals surface area contributed by atoms with Crippen molar-refractivity contribution in [3.63, 3.8) is 0 Å². The number of hydrogen-bond donors (Lipinski definition) is 3. The van der Waals surface area contributed by atoms with Crippen LogP contribution in [0.3, 0.4) is 0 Å². The van der Waals surface area contributed by atoms with Gasteiger partial charge in [-0.25, -0.2) is 4.79 Å². The number of carboxylic acid groups (broad SMARTS) is 1. The molecule has 148 valence electrons. The number of amides is 3. The lowest BCUT2D eigenvalue weighted by atomic mass is 9.86. The van der Waals surface area contributed by atoms with Crippen molar-refractivity contribution in [1.29, 1.82) is 0 Å². The number of carbonyl (C=O) groups excluding carboxylic acids is 2. The van der Waals surface area contributed by atoms with E-state index in [0.29, 0.717) is 26.1 Å². The van der Waals surface area contributed by atoms with Crippen LogP contribution in [0.4, 0.5) is 4.79 Å². The van der Waals surface area contributed by atoms with E-state index in [0.717, 1.165) is 5.56 Å². The largest absolute Gasteiger partial charge is 0.481 e. The van der Waals surface area contributed by atoms with E-state index in [2.05, 4.69) is 10.6 Å². The zero-order valence-corrected chi connectivity index (χ0v) is 16.1. The SMILES string of the molecule is CC(C)C(NC(=O)NCc1ccccc1)C(=O)N1CCC(C(=O)O)C(C)C1. The molecule has 2 rings (SSSR count). The zero-order chi connectivity index (χ0) is 20.0. The third kappa shape index (κ3) is 5.70. The van der Waals surface area contributed by atoms with E-state index in [-0.39, 0.29) is 23.8 Å². The fourth-order valence-corrected chi connectivity index (χ4v) is 3.39. The molecule has 0 aliphatic carbocycles. The molecule has 0 bridgehead atoms. The Balaban J connectivity index is 1.93. The van der Waals surface area contributed by atoms with Gasteiger partial charge in [0.25, 0.3) is 0 Å². The first-order valence-corrected chi connectivity index (χ1v) is 9.39. The second-order valence-electron chi connectivity index (χ2n) is 7.53. The molecule has 7 heteroatoms. The molecule has 3 N–H and O–H groups in total. The third-order valence-corrected chi connectivity index (χ3v) is 5.05. The molecule has 0 saturated carbocycles. The van der Waals surface area contributed by atoms with E-state index in [9.17, 15) is 19.5 Å². The van der Waals surface area contributed by atoms with Crippen LogP contribution in [0.5, 0.6) is 0 Å². The Kier molecular flexibility index (Phi) is 7.21. The molecule has 3 unspecified atom stereocenters. The average molecular weight is 375 g/mol. The van der Waals surface area contributed by atoms with Gasteiger partial charge in [0.1, 0.15) is 6.04 Å². The number of nitrogens with zero attached hydrogens (tertiary/aromatic N) is 1. The van der Waals surface area contributed by atoms with Crippen LogP contribution in [0.15, 0.2) is 30.3 Å². The van der Waals surface area contributed by atoms with Crippen LogP contribution < -0.4 is 10.6 Å². The van der Waals surface area contributed by atoms with Crippen LogP contribution in [0, 0.1) is 17.8 Å². The standard InChI is InChI=1S/C20H29N3O4/c1-13(2)17(22-20(27)21-11-15-7-5-4-6-8-15)18(24)23-10-9-16(19(25)26)14(3)12-23/h4-8,13-14,16-17H,9-12H2,1-3H3,(H,25,26)(H2,21,22,27). The van der Waals surface area contributed by atoms with Crippen molar-refractivity contribution in [1.82, 2.24) is 15.5 Å². The monoisotopic (exact) mass is 375 g/mol. The second kappa shape index (κ2) is 9.39. The summed E-state index contributed by atoms with van der Waals surface area (Å²) < 4.78 is 0. The molecule has 0 radical (unpaired) electrons. The molecule has 1 aliphatic heterocycles. The average Bonchev–Trinajstić information content (AvgIpc) is 2.64. The summed E-state index contributed by atoms with van der Waals surface area (Å²) in [5.41, 5.74) is 0.977. The van der Waals surface area contributed by atoms with E-state index in [1.807, 2.05) is 51.1 Å². The third-order valence-electron chi connectivity index (χ3n) is 5.05. The van der Waals surface area contributed by atoms with Gasteiger partial charge in [-0.1, -0.05) is 51.1 Å². The highest BCUT2D eigenvalue weighted by Crippen LogP contribution is 2.24. The van der Waals surface area contributed by atoms with Gasteiger partial charge in [0, 0.05) is 19.6 Å². The van der Waals surface area contributed by atoms with Gasteiger partial charge in [-0.3, -0.25) is 9.59 Å². The topological polar surface area (TPSA) is 98.7 Å². The smallest absolute Gasteiger partial charge is 0.315 e. The van der Waals surface area contributed by atoms with E-state index < -0.39 is 17.9 Å². The summed E-state index contributed by atoms with van der Waals surface area (Å²) in [5, 5.41) is 14.8. The van der Waals surface area contributed by atoms with Crippen molar-refractivity contribution in [3.8, 4) is 0 Å². The van der Waals surface area contributed by atoms with Crippen LogP contribution >= 0.6 is 0 Å². The first-order chi connectivity index (χ1) is 12.8. The maximum absolute atomic E-state index is 12.9. The van der Waals surface area contributed by atoms with Crippen LogP contribution in [0.2, 0.25) is 0 Å². The first kappa shape index (κ1) is 20.7. The molecule has 7 nitrogen and oxygen atoms in total.